The van der Waals surface area contributed by atoms with Gasteiger partial charge in [-0.15, -0.1) is 0 Å². The molecule has 0 aliphatic carbocycles. The van der Waals surface area contributed by atoms with Gasteiger partial charge in [0.1, 0.15) is 5.82 Å². The molecule has 0 amide bonds. The number of benzene rings is 2. The van der Waals surface area contributed by atoms with Crippen LogP contribution in [0.5, 0.6) is 0 Å². The highest BCUT2D eigenvalue weighted by Crippen LogP contribution is 2.22. The summed E-state index contributed by atoms with van der Waals surface area (Å²) in [5.74, 6) is -0.814. The SMILES string of the molecule is Cc1ccc(F)c(C(=O)c2cccc3ccncc23)c1. The van der Waals surface area contributed by atoms with E-state index >= 15 is 0 Å². The molecule has 0 N–H and O–H groups in total. The van der Waals surface area contributed by atoms with Gasteiger partial charge in [0.15, 0.2) is 5.78 Å². The van der Waals surface area contributed by atoms with E-state index in [-0.39, 0.29) is 11.3 Å². The molecule has 2 aromatic carbocycles. The summed E-state index contributed by atoms with van der Waals surface area (Å²) in [6.45, 7) is 1.83. The zero-order valence-electron chi connectivity index (χ0n) is 10.9. The predicted octanol–water partition coefficient (Wildman–Crippen LogP) is 3.91. The quantitative estimate of drug-likeness (QED) is 0.657. The summed E-state index contributed by atoms with van der Waals surface area (Å²) in [5, 5.41) is 1.65. The van der Waals surface area contributed by atoms with Gasteiger partial charge in [0.2, 0.25) is 0 Å². The molecule has 20 heavy (non-hydrogen) atoms. The molecule has 0 bridgehead atoms. The minimum Gasteiger partial charge on any atom is -0.288 e. The maximum absolute atomic E-state index is 13.9. The highest BCUT2D eigenvalue weighted by molar-refractivity contribution is 6.16. The normalized spacial score (nSPS) is 10.7. The first-order chi connectivity index (χ1) is 9.66. The smallest absolute Gasteiger partial charge is 0.196 e. The molecular weight excluding hydrogens is 253 g/mol. The first-order valence-electron chi connectivity index (χ1n) is 6.30. The zero-order chi connectivity index (χ0) is 14.1. The molecule has 1 aromatic heterocycles. The number of aromatic nitrogens is 1. The second-order valence-corrected chi connectivity index (χ2v) is 4.71. The van der Waals surface area contributed by atoms with E-state index in [9.17, 15) is 9.18 Å². The molecule has 0 aliphatic heterocycles. The topological polar surface area (TPSA) is 30.0 Å². The van der Waals surface area contributed by atoms with Crippen molar-refractivity contribution < 1.29 is 9.18 Å². The Balaban J connectivity index is 2.20. The summed E-state index contributed by atoms with van der Waals surface area (Å²) >= 11 is 0. The molecule has 3 heteroatoms. The Morgan fingerprint density at radius 3 is 2.80 bits per heavy atom. The van der Waals surface area contributed by atoms with E-state index in [0.29, 0.717) is 5.56 Å². The highest BCUT2D eigenvalue weighted by Gasteiger charge is 2.16. The van der Waals surface area contributed by atoms with Gasteiger partial charge in [-0.1, -0.05) is 29.8 Å². The van der Waals surface area contributed by atoms with Gasteiger partial charge in [0, 0.05) is 23.3 Å². The molecular formula is C17H12FNO. The largest absolute Gasteiger partial charge is 0.288 e. The summed E-state index contributed by atoms with van der Waals surface area (Å²) in [7, 11) is 0. The van der Waals surface area contributed by atoms with Crippen molar-refractivity contribution in [1.82, 2.24) is 4.98 Å². The molecule has 1 heterocycles. The van der Waals surface area contributed by atoms with Crippen molar-refractivity contribution in [3.05, 3.63) is 77.4 Å². The molecule has 0 saturated heterocycles. The fourth-order valence-corrected chi connectivity index (χ4v) is 2.27. The minimum absolute atomic E-state index is 0.0985. The van der Waals surface area contributed by atoms with Crippen LogP contribution in [0, 0.1) is 12.7 Å². The maximum Gasteiger partial charge on any atom is 0.196 e. The number of rotatable bonds is 2. The van der Waals surface area contributed by atoms with Crippen LogP contribution in [-0.2, 0) is 0 Å². The molecule has 0 atom stereocenters. The summed E-state index contributed by atoms with van der Waals surface area (Å²) in [6.07, 6.45) is 3.31. The molecule has 0 aliphatic rings. The van der Waals surface area contributed by atoms with Crippen molar-refractivity contribution in [1.29, 1.82) is 0 Å². The monoisotopic (exact) mass is 265 g/mol. The van der Waals surface area contributed by atoms with Crippen molar-refractivity contribution in [2.45, 2.75) is 6.92 Å². The Bertz CT molecular complexity index is 806. The lowest BCUT2D eigenvalue weighted by atomic mass is 9.97. The Kier molecular flexibility index (Phi) is 3.03. The number of carbonyl (C=O) groups excluding carboxylic acids is 1. The second kappa shape index (κ2) is 4.85. The number of hydrogen-bond acceptors (Lipinski definition) is 2. The predicted molar refractivity (Wildman–Crippen MR) is 76.3 cm³/mol. The molecule has 0 spiro atoms. The second-order valence-electron chi connectivity index (χ2n) is 4.71. The number of ketones is 1. The number of aryl methyl sites for hydroxylation is 1. The van der Waals surface area contributed by atoms with Crippen LogP contribution < -0.4 is 0 Å². The van der Waals surface area contributed by atoms with Crippen molar-refractivity contribution >= 4 is 16.6 Å². The van der Waals surface area contributed by atoms with Crippen LogP contribution in [0.3, 0.4) is 0 Å². The van der Waals surface area contributed by atoms with E-state index in [1.54, 1.807) is 36.7 Å². The summed E-state index contributed by atoms with van der Waals surface area (Å²) in [6, 6.07) is 11.8. The molecule has 0 unspecified atom stereocenters. The van der Waals surface area contributed by atoms with Gasteiger partial charge in [-0.05, 0) is 30.5 Å². The van der Waals surface area contributed by atoms with E-state index in [2.05, 4.69) is 4.98 Å². The fraction of sp³-hybridized carbons (Fsp3) is 0.0588. The van der Waals surface area contributed by atoms with E-state index < -0.39 is 5.82 Å². The van der Waals surface area contributed by atoms with Crippen LogP contribution >= 0.6 is 0 Å². The average molecular weight is 265 g/mol. The van der Waals surface area contributed by atoms with Crippen molar-refractivity contribution in [3.63, 3.8) is 0 Å². The van der Waals surface area contributed by atoms with Gasteiger partial charge >= 0.3 is 0 Å². The molecule has 3 rings (SSSR count). The third-order valence-electron chi connectivity index (χ3n) is 3.29. The summed E-state index contributed by atoms with van der Waals surface area (Å²) in [4.78, 5) is 16.6. The Morgan fingerprint density at radius 1 is 1.10 bits per heavy atom. The average Bonchev–Trinajstić information content (AvgIpc) is 2.48. The van der Waals surface area contributed by atoms with Gasteiger partial charge < -0.3 is 0 Å². The molecule has 0 saturated carbocycles. The number of carbonyl (C=O) groups is 1. The van der Waals surface area contributed by atoms with Crippen LogP contribution in [0.15, 0.2) is 54.9 Å². The third-order valence-corrected chi connectivity index (χ3v) is 3.29. The Labute approximate surface area is 115 Å². The van der Waals surface area contributed by atoms with E-state index in [4.69, 9.17) is 0 Å². The Hall–Kier alpha value is -2.55. The van der Waals surface area contributed by atoms with Crippen molar-refractivity contribution in [2.24, 2.45) is 0 Å². The third kappa shape index (κ3) is 2.07. The number of fused-ring (bicyclic) bond motifs is 1. The first kappa shape index (κ1) is 12.5. The maximum atomic E-state index is 13.9. The first-order valence-corrected chi connectivity index (χ1v) is 6.30. The van der Waals surface area contributed by atoms with Gasteiger partial charge in [-0.25, -0.2) is 4.39 Å². The summed E-state index contributed by atoms with van der Waals surface area (Å²) < 4.78 is 13.9. The van der Waals surface area contributed by atoms with E-state index in [0.717, 1.165) is 16.3 Å². The van der Waals surface area contributed by atoms with Crippen molar-refractivity contribution in [2.75, 3.05) is 0 Å². The van der Waals surface area contributed by atoms with Crippen LogP contribution in [0.4, 0.5) is 4.39 Å². The van der Waals surface area contributed by atoms with Gasteiger partial charge in [0.05, 0.1) is 5.56 Å². The summed E-state index contributed by atoms with van der Waals surface area (Å²) in [5.41, 5.74) is 1.43. The van der Waals surface area contributed by atoms with Crippen LogP contribution in [-0.4, -0.2) is 10.8 Å². The van der Waals surface area contributed by atoms with E-state index in [1.807, 2.05) is 19.1 Å². The molecule has 98 valence electrons. The van der Waals surface area contributed by atoms with Gasteiger partial charge in [-0.3, -0.25) is 9.78 Å². The van der Waals surface area contributed by atoms with Crippen LogP contribution in [0.1, 0.15) is 21.5 Å². The lowest BCUT2D eigenvalue weighted by Crippen LogP contribution is -2.05. The standard InChI is InChI=1S/C17H12FNO/c1-11-5-6-16(18)14(9-11)17(20)13-4-2-3-12-7-8-19-10-15(12)13/h2-10H,1H3. The number of pyridine rings is 1. The fourth-order valence-electron chi connectivity index (χ4n) is 2.27. The molecule has 2 nitrogen and oxygen atoms in total. The Morgan fingerprint density at radius 2 is 1.95 bits per heavy atom. The van der Waals surface area contributed by atoms with Gasteiger partial charge in [-0.2, -0.15) is 0 Å². The number of halogens is 1. The highest BCUT2D eigenvalue weighted by atomic mass is 19.1. The molecule has 0 radical (unpaired) electrons. The lowest BCUT2D eigenvalue weighted by Gasteiger charge is -2.07. The number of nitrogens with zero attached hydrogens (tertiary/aromatic N) is 1. The van der Waals surface area contributed by atoms with E-state index in [1.165, 1.54) is 6.07 Å². The zero-order valence-corrected chi connectivity index (χ0v) is 10.9. The van der Waals surface area contributed by atoms with Crippen molar-refractivity contribution in [3.8, 4) is 0 Å². The molecule has 3 aromatic rings. The molecule has 0 fully saturated rings. The lowest BCUT2D eigenvalue weighted by molar-refractivity contribution is 0.103. The van der Waals surface area contributed by atoms with Gasteiger partial charge in [0.25, 0.3) is 0 Å². The van der Waals surface area contributed by atoms with Crippen LogP contribution in [0.25, 0.3) is 10.8 Å². The minimum atomic E-state index is -0.499. The number of hydrogen-bond donors (Lipinski definition) is 0. The van der Waals surface area contributed by atoms with Crippen LogP contribution in [0.2, 0.25) is 0 Å².